The summed E-state index contributed by atoms with van der Waals surface area (Å²) in [5.74, 6) is 1.09. The summed E-state index contributed by atoms with van der Waals surface area (Å²) in [7, 11) is 1.61. The van der Waals surface area contributed by atoms with Gasteiger partial charge in [0.05, 0.1) is 7.11 Å². The fourth-order valence-electron chi connectivity index (χ4n) is 3.53. The predicted molar refractivity (Wildman–Crippen MR) is 121 cm³/mol. The standard InChI is InChI=1S/C24H31N3O3/c1-30-21-8-6-7-19(15-21)27-24(29)9-4-2-3-5-13-25-14-12-18-17-26-23-11-10-20(28)16-22(18)23/h6-8,10-11,15-17,25-26,28H,2-5,9,12-14H2,1H3,(H,27,29). The number of phenols is 1. The molecule has 1 amide bonds. The van der Waals surface area contributed by atoms with Crippen molar-refractivity contribution in [3.8, 4) is 11.5 Å². The van der Waals surface area contributed by atoms with Gasteiger partial charge in [-0.3, -0.25) is 4.79 Å². The molecule has 30 heavy (non-hydrogen) atoms. The molecule has 0 saturated heterocycles. The van der Waals surface area contributed by atoms with Crippen LogP contribution in [0.1, 0.15) is 37.7 Å². The Morgan fingerprint density at radius 3 is 2.80 bits per heavy atom. The van der Waals surface area contributed by atoms with Gasteiger partial charge < -0.3 is 25.5 Å². The van der Waals surface area contributed by atoms with Crippen LogP contribution in [0.15, 0.2) is 48.7 Å². The number of fused-ring (bicyclic) bond motifs is 1. The Labute approximate surface area is 177 Å². The molecule has 3 rings (SSSR count). The van der Waals surface area contributed by atoms with Crippen molar-refractivity contribution in [2.24, 2.45) is 0 Å². The molecular weight excluding hydrogens is 378 g/mol. The molecule has 0 aliphatic rings. The number of aromatic amines is 1. The Balaban J connectivity index is 1.22. The topological polar surface area (TPSA) is 86.4 Å². The van der Waals surface area contributed by atoms with E-state index in [1.807, 2.05) is 42.6 Å². The molecule has 0 bridgehead atoms. The van der Waals surface area contributed by atoms with Crippen LogP contribution in [0.4, 0.5) is 5.69 Å². The van der Waals surface area contributed by atoms with E-state index in [2.05, 4.69) is 15.6 Å². The van der Waals surface area contributed by atoms with Gasteiger partial charge in [0.15, 0.2) is 0 Å². The van der Waals surface area contributed by atoms with E-state index >= 15 is 0 Å². The molecule has 1 aromatic heterocycles. The van der Waals surface area contributed by atoms with Crippen LogP contribution in [0.5, 0.6) is 11.5 Å². The lowest BCUT2D eigenvalue weighted by Gasteiger charge is -2.07. The molecular formula is C24H31N3O3. The van der Waals surface area contributed by atoms with Crippen LogP contribution in [0.3, 0.4) is 0 Å². The molecule has 0 atom stereocenters. The Hall–Kier alpha value is -2.99. The Kier molecular flexibility index (Phi) is 8.15. The maximum Gasteiger partial charge on any atom is 0.224 e. The van der Waals surface area contributed by atoms with Gasteiger partial charge >= 0.3 is 0 Å². The predicted octanol–water partition coefficient (Wildman–Crippen LogP) is 4.60. The van der Waals surface area contributed by atoms with Crippen molar-refractivity contribution in [3.05, 3.63) is 54.2 Å². The highest BCUT2D eigenvalue weighted by atomic mass is 16.5. The molecule has 1 heterocycles. The van der Waals surface area contributed by atoms with E-state index in [1.54, 1.807) is 13.2 Å². The van der Waals surface area contributed by atoms with E-state index in [4.69, 9.17) is 4.74 Å². The number of ether oxygens (including phenoxy) is 1. The van der Waals surface area contributed by atoms with Gasteiger partial charge in [-0.05, 0) is 68.2 Å². The van der Waals surface area contributed by atoms with E-state index in [1.165, 1.54) is 5.56 Å². The first-order valence-electron chi connectivity index (χ1n) is 10.6. The van der Waals surface area contributed by atoms with E-state index < -0.39 is 0 Å². The molecule has 0 radical (unpaired) electrons. The number of anilines is 1. The zero-order chi connectivity index (χ0) is 21.2. The quantitative estimate of drug-likeness (QED) is 0.329. The number of rotatable bonds is 12. The van der Waals surface area contributed by atoms with Crippen molar-refractivity contribution >= 4 is 22.5 Å². The minimum absolute atomic E-state index is 0.0474. The molecule has 6 nitrogen and oxygen atoms in total. The first kappa shape index (κ1) is 21.7. The van der Waals surface area contributed by atoms with Crippen LogP contribution in [0.2, 0.25) is 0 Å². The maximum atomic E-state index is 12.0. The van der Waals surface area contributed by atoms with Crippen molar-refractivity contribution in [1.82, 2.24) is 10.3 Å². The summed E-state index contributed by atoms with van der Waals surface area (Å²) < 4.78 is 5.17. The number of carbonyl (C=O) groups excluding carboxylic acids is 1. The van der Waals surface area contributed by atoms with Crippen molar-refractivity contribution in [2.75, 3.05) is 25.5 Å². The first-order valence-corrected chi connectivity index (χ1v) is 10.6. The monoisotopic (exact) mass is 409 g/mol. The number of phenolic OH excluding ortho intramolecular Hbond substituents is 1. The van der Waals surface area contributed by atoms with Crippen LogP contribution in [0.25, 0.3) is 10.9 Å². The van der Waals surface area contributed by atoms with Gasteiger partial charge in [-0.2, -0.15) is 0 Å². The Bertz CT molecular complexity index is 952. The first-order chi connectivity index (χ1) is 14.7. The highest BCUT2D eigenvalue weighted by Gasteiger charge is 2.05. The molecule has 0 fully saturated rings. The van der Waals surface area contributed by atoms with Gasteiger partial charge in [-0.1, -0.05) is 18.9 Å². The Morgan fingerprint density at radius 2 is 1.93 bits per heavy atom. The Morgan fingerprint density at radius 1 is 1.07 bits per heavy atom. The fraction of sp³-hybridized carbons (Fsp3) is 0.375. The van der Waals surface area contributed by atoms with E-state index in [0.717, 1.165) is 67.5 Å². The van der Waals surface area contributed by atoms with Gasteiger partial charge in [-0.15, -0.1) is 0 Å². The SMILES string of the molecule is COc1cccc(NC(=O)CCCCCCNCCc2c[nH]c3ccc(O)cc23)c1. The van der Waals surface area contributed by atoms with Crippen molar-refractivity contribution in [3.63, 3.8) is 0 Å². The lowest BCUT2D eigenvalue weighted by atomic mass is 10.1. The van der Waals surface area contributed by atoms with Gasteiger partial charge in [0.2, 0.25) is 5.91 Å². The van der Waals surface area contributed by atoms with Gasteiger partial charge in [0, 0.05) is 35.3 Å². The number of benzene rings is 2. The molecule has 3 aromatic rings. The summed E-state index contributed by atoms with van der Waals surface area (Å²) >= 11 is 0. The average Bonchev–Trinajstić information content (AvgIpc) is 3.14. The van der Waals surface area contributed by atoms with Crippen LogP contribution >= 0.6 is 0 Å². The second-order valence-electron chi connectivity index (χ2n) is 7.49. The van der Waals surface area contributed by atoms with Crippen molar-refractivity contribution in [2.45, 2.75) is 38.5 Å². The third kappa shape index (κ3) is 6.52. The third-order valence-corrected chi connectivity index (χ3v) is 5.18. The van der Waals surface area contributed by atoms with E-state index in [9.17, 15) is 9.90 Å². The molecule has 4 N–H and O–H groups in total. The lowest BCUT2D eigenvalue weighted by Crippen LogP contribution is -2.18. The number of nitrogens with one attached hydrogen (secondary N) is 3. The van der Waals surface area contributed by atoms with E-state index in [0.29, 0.717) is 12.2 Å². The van der Waals surface area contributed by atoms with Crippen LogP contribution in [-0.2, 0) is 11.2 Å². The average molecular weight is 410 g/mol. The zero-order valence-electron chi connectivity index (χ0n) is 17.5. The second kappa shape index (κ2) is 11.3. The largest absolute Gasteiger partial charge is 0.508 e. The summed E-state index contributed by atoms with van der Waals surface area (Å²) in [6, 6.07) is 12.8. The van der Waals surface area contributed by atoms with Gasteiger partial charge in [-0.25, -0.2) is 0 Å². The number of hydrogen-bond acceptors (Lipinski definition) is 4. The van der Waals surface area contributed by atoms with Crippen LogP contribution < -0.4 is 15.4 Å². The summed E-state index contributed by atoms with van der Waals surface area (Å²) in [4.78, 5) is 15.3. The molecule has 0 spiro atoms. The number of methoxy groups -OCH3 is 1. The zero-order valence-corrected chi connectivity index (χ0v) is 17.5. The van der Waals surface area contributed by atoms with Gasteiger partial charge in [0.1, 0.15) is 11.5 Å². The highest BCUT2D eigenvalue weighted by Crippen LogP contribution is 2.23. The summed E-state index contributed by atoms with van der Waals surface area (Å²) in [6.07, 6.45) is 7.64. The molecule has 6 heteroatoms. The summed E-state index contributed by atoms with van der Waals surface area (Å²) in [5, 5.41) is 17.1. The minimum Gasteiger partial charge on any atom is -0.508 e. The molecule has 0 aliphatic carbocycles. The smallest absolute Gasteiger partial charge is 0.224 e. The fourth-order valence-corrected chi connectivity index (χ4v) is 3.53. The molecule has 0 aliphatic heterocycles. The lowest BCUT2D eigenvalue weighted by molar-refractivity contribution is -0.116. The van der Waals surface area contributed by atoms with Crippen molar-refractivity contribution < 1.29 is 14.6 Å². The van der Waals surface area contributed by atoms with Crippen LogP contribution in [0, 0.1) is 0 Å². The highest BCUT2D eigenvalue weighted by molar-refractivity contribution is 5.90. The molecule has 0 unspecified atom stereocenters. The number of hydrogen-bond donors (Lipinski definition) is 4. The summed E-state index contributed by atoms with van der Waals surface area (Å²) in [6.45, 7) is 1.88. The number of carbonyl (C=O) groups is 1. The number of aromatic nitrogens is 1. The maximum absolute atomic E-state index is 12.0. The van der Waals surface area contributed by atoms with Crippen molar-refractivity contribution in [1.29, 1.82) is 0 Å². The number of H-pyrrole nitrogens is 1. The number of aromatic hydroxyl groups is 1. The molecule has 0 saturated carbocycles. The molecule has 160 valence electrons. The second-order valence-corrected chi connectivity index (χ2v) is 7.49. The molecule has 2 aromatic carbocycles. The van der Waals surface area contributed by atoms with Crippen LogP contribution in [-0.4, -0.2) is 36.2 Å². The summed E-state index contributed by atoms with van der Waals surface area (Å²) in [5.41, 5.74) is 3.04. The van der Waals surface area contributed by atoms with Gasteiger partial charge in [0.25, 0.3) is 0 Å². The normalized spacial score (nSPS) is 11.0. The van der Waals surface area contributed by atoms with E-state index in [-0.39, 0.29) is 5.91 Å². The minimum atomic E-state index is 0.0474. The number of amides is 1. The number of unbranched alkanes of at least 4 members (excludes halogenated alkanes) is 3. The third-order valence-electron chi connectivity index (χ3n) is 5.18.